The molecule has 1 rings (SSSR count). The highest BCUT2D eigenvalue weighted by Gasteiger charge is 2.49. The summed E-state index contributed by atoms with van der Waals surface area (Å²) < 4.78 is 13.4. The van der Waals surface area contributed by atoms with Crippen LogP contribution in [-0.4, -0.2) is 36.8 Å². The summed E-state index contributed by atoms with van der Waals surface area (Å²) >= 11 is 0. The largest absolute Gasteiger partial charge is 0.318 e. The van der Waals surface area contributed by atoms with E-state index in [0.717, 1.165) is 24.0 Å². The Morgan fingerprint density at radius 3 is 2.69 bits per heavy atom. The molecule has 0 aromatic carbocycles. The van der Waals surface area contributed by atoms with E-state index < -0.39 is 0 Å². The molecule has 0 aromatic heterocycles. The number of halogens is 1. The van der Waals surface area contributed by atoms with Gasteiger partial charge >= 0.3 is 0 Å². The monoisotopic (exact) mass is 186 g/mol. The molecule has 0 N–H and O–H groups in total. The second-order valence-electron chi connectivity index (χ2n) is 4.50. The van der Waals surface area contributed by atoms with Gasteiger partial charge in [0.2, 0.25) is 0 Å². The Balaban J connectivity index is 2.94. The highest BCUT2D eigenvalue weighted by Crippen LogP contribution is 2.41. The van der Waals surface area contributed by atoms with E-state index in [2.05, 4.69) is 27.5 Å². The molecule has 1 aliphatic rings. The Bertz CT molecular complexity index is 214. The van der Waals surface area contributed by atoms with Gasteiger partial charge in [0.25, 0.3) is 0 Å². The Morgan fingerprint density at radius 2 is 2.23 bits per heavy atom. The lowest BCUT2D eigenvalue weighted by atomic mass is 9.89. The molecule has 0 saturated carbocycles. The standard InChI is InChI=1S/C11H21FN/c1-5-13(4)9-6-10(2)11(13,3)7-8-12/h2,5-9H2,1,3-4H3/q+1/t11?,13-/m1/s1. The number of alkyl halides is 1. The van der Waals surface area contributed by atoms with Crippen molar-refractivity contribution in [3.05, 3.63) is 12.2 Å². The van der Waals surface area contributed by atoms with Gasteiger partial charge < -0.3 is 4.48 Å². The summed E-state index contributed by atoms with van der Waals surface area (Å²) in [5.74, 6) is 0. The first-order valence-corrected chi connectivity index (χ1v) is 5.09. The van der Waals surface area contributed by atoms with Crippen molar-refractivity contribution in [2.75, 3.05) is 26.8 Å². The summed E-state index contributed by atoms with van der Waals surface area (Å²) in [5, 5.41) is 0. The van der Waals surface area contributed by atoms with E-state index in [1.54, 1.807) is 0 Å². The fourth-order valence-electron chi connectivity index (χ4n) is 2.42. The molecule has 1 aliphatic heterocycles. The molecule has 0 amide bonds. The molecule has 2 atom stereocenters. The number of likely N-dealkylation sites (N-methyl/N-ethyl adjacent to an activating group) is 1. The van der Waals surface area contributed by atoms with Crippen molar-refractivity contribution in [3.63, 3.8) is 0 Å². The smallest absolute Gasteiger partial charge is 0.120 e. The third-order valence-electron chi connectivity index (χ3n) is 4.14. The van der Waals surface area contributed by atoms with E-state index in [1.165, 1.54) is 5.57 Å². The number of rotatable bonds is 3. The van der Waals surface area contributed by atoms with Gasteiger partial charge in [0.1, 0.15) is 5.54 Å². The third kappa shape index (κ3) is 1.41. The van der Waals surface area contributed by atoms with E-state index in [-0.39, 0.29) is 12.2 Å². The number of hydrogen-bond donors (Lipinski definition) is 0. The van der Waals surface area contributed by atoms with Crippen molar-refractivity contribution in [2.24, 2.45) is 0 Å². The van der Waals surface area contributed by atoms with E-state index in [9.17, 15) is 4.39 Å². The van der Waals surface area contributed by atoms with Crippen LogP contribution in [0.4, 0.5) is 4.39 Å². The zero-order valence-electron chi connectivity index (χ0n) is 9.07. The zero-order valence-corrected chi connectivity index (χ0v) is 9.07. The van der Waals surface area contributed by atoms with Gasteiger partial charge in [0.15, 0.2) is 0 Å². The molecule has 1 saturated heterocycles. The van der Waals surface area contributed by atoms with Gasteiger partial charge in [-0.3, -0.25) is 4.39 Å². The normalized spacial score (nSPS) is 39.8. The van der Waals surface area contributed by atoms with E-state index in [1.807, 2.05) is 0 Å². The first-order chi connectivity index (χ1) is 6.00. The first kappa shape index (κ1) is 10.7. The minimum Gasteiger partial charge on any atom is -0.318 e. The van der Waals surface area contributed by atoms with Crippen LogP contribution in [-0.2, 0) is 0 Å². The Kier molecular flexibility index (Phi) is 2.81. The van der Waals surface area contributed by atoms with E-state index >= 15 is 0 Å². The molecular weight excluding hydrogens is 165 g/mol. The average molecular weight is 186 g/mol. The van der Waals surface area contributed by atoms with Crippen molar-refractivity contribution >= 4 is 0 Å². The van der Waals surface area contributed by atoms with Gasteiger partial charge in [-0.1, -0.05) is 6.58 Å². The predicted octanol–water partition coefficient (Wildman–Crippen LogP) is 2.53. The minimum atomic E-state index is -0.233. The number of hydrogen-bond acceptors (Lipinski definition) is 0. The number of quaternary nitrogens is 1. The van der Waals surface area contributed by atoms with Gasteiger partial charge in [0.05, 0.1) is 26.8 Å². The van der Waals surface area contributed by atoms with Crippen LogP contribution >= 0.6 is 0 Å². The second kappa shape index (κ2) is 3.41. The molecule has 2 heteroatoms. The third-order valence-corrected chi connectivity index (χ3v) is 4.14. The van der Waals surface area contributed by atoms with Crippen molar-refractivity contribution in [3.8, 4) is 0 Å². The van der Waals surface area contributed by atoms with Crippen LogP contribution in [0.15, 0.2) is 12.2 Å². The Hall–Kier alpha value is -0.370. The molecule has 1 unspecified atom stereocenters. The van der Waals surface area contributed by atoms with Crippen LogP contribution in [0.5, 0.6) is 0 Å². The van der Waals surface area contributed by atoms with Crippen molar-refractivity contribution in [1.29, 1.82) is 0 Å². The molecule has 0 radical (unpaired) electrons. The topological polar surface area (TPSA) is 0 Å². The van der Waals surface area contributed by atoms with Crippen LogP contribution in [0.3, 0.4) is 0 Å². The molecule has 0 aromatic rings. The summed E-state index contributed by atoms with van der Waals surface area (Å²) in [6.07, 6.45) is 1.68. The fraction of sp³-hybridized carbons (Fsp3) is 0.818. The molecule has 0 bridgehead atoms. The van der Waals surface area contributed by atoms with Crippen LogP contribution in [0.1, 0.15) is 26.7 Å². The molecule has 13 heavy (non-hydrogen) atoms. The first-order valence-electron chi connectivity index (χ1n) is 5.09. The molecule has 1 fully saturated rings. The molecular formula is C11H21FN+. The highest BCUT2D eigenvalue weighted by molar-refractivity contribution is 5.15. The summed E-state index contributed by atoms with van der Waals surface area (Å²) in [7, 11) is 2.22. The SMILES string of the molecule is C=C1CC[N@@+](C)(CC)C1(C)CCF. The van der Waals surface area contributed by atoms with Crippen LogP contribution in [0.2, 0.25) is 0 Å². The molecule has 1 nitrogen and oxygen atoms in total. The van der Waals surface area contributed by atoms with Crippen LogP contribution in [0.25, 0.3) is 0 Å². The number of likely N-dealkylation sites (tertiary alicyclic amines) is 1. The quantitative estimate of drug-likeness (QED) is 0.469. The van der Waals surface area contributed by atoms with E-state index in [4.69, 9.17) is 0 Å². The fourth-order valence-corrected chi connectivity index (χ4v) is 2.42. The summed E-state index contributed by atoms with van der Waals surface area (Å²) in [4.78, 5) is 0. The highest BCUT2D eigenvalue weighted by atomic mass is 19.1. The Morgan fingerprint density at radius 1 is 1.62 bits per heavy atom. The molecule has 1 heterocycles. The second-order valence-corrected chi connectivity index (χ2v) is 4.50. The van der Waals surface area contributed by atoms with Gasteiger partial charge in [-0.2, -0.15) is 0 Å². The number of nitrogens with zero attached hydrogens (tertiary/aromatic N) is 1. The molecule has 0 aliphatic carbocycles. The van der Waals surface area contributed by atoms with Crippen LogP contribution < -0.4 is 0 Å². The van der Waals surface area contributed by atoms with Crippen LogP contribution in [0, 0.1) is 0 Å². The maximum absolute atomic E-state index is 12.5. The maximum atomic E-state index is 12.5. The maximum Gasteiger partial charge on any atom is 0.120 e. The summed E-state index contributed by atoms with van der Waals surface area (Å²) in [6, 6.07) is 0. The minimum absolute atomic E-state index is 0.0243. The summed E-state index contributed by atoms with van der Waals surface area (Å²) in [6.45, 7) is 10.4. The Labute approximate surface area is 80.8 Å². The predicted molar refractivity (Wildman–Crippen MR) is 54.3 cm³/mol. The van der Waals surface area contributed by atoms with Gasteiger partial charge in [-0.05, 0) is 19.4 Å². The van der Waals surface area contributed by atoms with Crippen molar-refractivity contribution in [1.82, 2.24) is 0 Å². The summed E-state index contributed by atoms with van der Waals surface area (Å²) in [5.41, 5.74) is 1.21. The van der Waals surface area contributed by atoms with Crippen molar-refractivity contribution < 1.29 is 8.87 Å². The molecule has 0 spiro atoms. The van der Waals surface area contributed by atoms with Gasteiger partial charge in [-0.15, -0.1) is 0 Å². The van der Waals surface area contributed by atoms with Crippen molar-refractivity contribution in [2.45, 2.75) is 32.2 Å². The average Bonchev–Trinajstić information content (AvgIpc) is 2.32. The lowest BCUT2D eigenvalue weighted by Crippen LogP contribution is -2.56. The lowest BCUT2D eigenvalue weighted by Gasteiger charge is -2.43. The zero-order chi connectivity index (χ0) is 10.1. The van der Waals surface area contributed by atoms with Gasteiger partial charge in [0, 0.05) is 12.8 Å². The van der Waals surface area contributed by atoms with E-state index in [0.29, 0.717) is 6.42 Å². The lowest BCUT2D eigenvalue weighted by molar-refractivity contribution is -0.939. The molecule has 76 valence electrons. The van der Waals surface area contributed by atoms with Gasteiger partial charge in [-0.25, -0.2) is 0 Å².